The summed E-state index contributed by atoms with van der Waals surface area (Å²) in [6, 6.07) is 8.39. The monoisotopic (exact) mass is 247 g/mol. The predicted octanol–water partition coefficient (Wildman–Crippen LogP) is 3.34. The van der Waals surface area contributed by atoms with E-state index in [4.69, 9.17) is 0 Å². The van der Waals surface area contributed by atoms with E-state index in [0.29, 0.717) is 6.42 Å². The van der Waals surface area contributed by atoms with Crippen LogP contribution in [0.15, 0.2) is 34.2 Å². The number of aldehydes is 1. The smallest absolute Gasteiger partial charge is 0.120 e. The third-order valence-corrected chi connectivity index (χ3v) is 4.01. The number of carbonyl (C=O) groups excluding carboxylic acids is 1. The maximum atomic E-state index is 10.2. The largest absolute Gasteiger partial charge is 0.303 e. The van der Waals surface area contributed by atoms with Crippen LogP contribution in [0.2, 0.25) is 0 Å². The normalized spacial score (nSPS) is 15.3. The van der Waals surface area contributed by atoms with Crippen LogP contribution in [-0.4, -0.2) is 24.3 Å². The van der Waals surface area contributed by atoms with Crippen LogP contribution in [0.25, 0.3) is 0 Å². The summed E-state index contributed by atoms with van der Waals surface area (Å²) >= 11 is 1.96. The van der Waals surface area contributed by atoms with Gasteiger partial charge in [-0.3, -0.25) is 4.99 Å². The van der Waals surface area contributed by atoms with Crippen LogP contribution in [0.3, 0.4) is 0 Å². The minimum atomic E-state index is 0.607. The quantitative estimate of drug-likeness (QED) is 0.420. The number of hydrogen-bond donors (Lipinski definition) is 0. The van der Waals surface area contributed by atoms with E-state index < -0.39 is 0 Å². The molecule has 1 aliphatic carbocycles. The first-order valence-corrected chi connectivity index (χ1v) is 6.97. The molecule has 0 amide bonds. The van der Waals surface area contributed by atoms with Gasteiger partial charge in [-0.1, -0.05) is 18.2 Å². The molecule has 17 heavy (non-hydrogen) atoms. The molecule has 1 aromatic rings. The Hall–Kier alpha value is -1.09. The van der Waals surface area contributed by atoms with Gasteiger partial charge in [-0.25, -0.2) is 0 Å². The van der Waals surface area contributed by atoms with Crippen molar-refractivity contribution in [2.24, 2.45) is 4.99 Å². The molecule has 0 aliphatic heterocycles. The van der Waals surface area contributed by atoms with Gasteiger partial charge in [0, 0.05) is 34.9 Å². The number of carbonyl (C=O) groups is 1. The van der Waals surface area contributed by atoms with Crippen molar-refractivity contribution in [2.45, 2.75) is 35.8 Å². The summed E-state index contributed by atoms with van der Waals surface area (Å²) < 4.78 is 0. The zero-order chi connectivity index (χ0) is 11.9. The summed E-state index contributed by atoms with van der Waals surface area (Å²) in [5.41, 5.74) is 1.20. The molecule has 1 saturated carbocycles. The van der Waals surface area contributed by atoms with E-state index in [2.05, 4.69) is 23.2 Å². The Kier molecular flexibility index (Phi) is 4.80. The fraction of sp³-hybridized carbons (Fsp3) is 0.429. The van der Waals surface area contributed by atoms with Crippen molar-refractivity contribution in [3.05, 3.63) is 29.8 Å². The van der Waals surface area contributed by atoms with Gasteiger partial charge in [0.25, 0.3) is 0 Å². The molecule has 0 spiro atoms. The fourth-order valence-corrected chi connectivity index (χ4v) is 2.63. The number of aliphatic imine (C=N–C) groups is 1. The Bertz CT molecular complexity index is 399. The molecule has 1 aliphatic rings. The average Bonchev–Trinajstić information content (AvgIpc) is 3.15. The maximum Gasteiger partial charge on any atom is 0.120 e. The van der Waals surface area contributed by atoms with Gasteiger partial charge in [0.2, 0.25) is 0 Å². The van der Waals surface area contributed by atoms with Gasteiger partial charge >= 0.3 is 0 Å². The molecular weight excluding hydrogens is 230 g/mol. The molecule has 0 radical (unpaired) electrons. The Morgan fingerprint density at radius 1 is 1.35 bits per heavy atom. The highest BCUT2D eigenvalue weighted by Crippen LogP contribution is 2.39. The third kappa shape index (κ3) is 4.35. The zero-order valence-corrected chi connectivity index (χ0v) is 10.7. The van der Waals surface area contributed by atoms with E-state index in [0.717, 1.165) is 24.5 Å². The van der Waals surface area contributed by atoms with Crippen molar-refractivity contribution in [1.29, 1.82) is 0 Å². The van der Waals surface area contributed by atoms with Gasteiger partial charge in [-0.2, -0.15) is 0 Å². The van der Waals surface area contributed by atoms with Gasteiger partial charge in [0.15, 0.2) is 0 Å². The highest BCUT2D eigenvalue weighted by Gasteiger charge is 2.23. The van der Waals surface area contributed by atoms with Crippen molar-refractivity contribution in [1.82, 2.24) is 0 Å². The molecule has 0 atom stereocenters. The fourth-order valence-electron chi connectivity index (χ4n) is 1.49. The Balaban J connectivity index is 1.91. The first-order valence-electron chi connectivity index (χ1n) is 6.09. The molecule has 0 N–H and O–H groups in total. The first kappa shape index (κ1) is 12.4. The second kappa shape index (κ2) is 6.60. The summed E-state index contributed by atoms with van der Waals surface area (Å²) in [5.74, 6) is 0. The van der Waals surface area contributed by atoms with Crippen LogP contribution < -0.4 is 0 Å². The summed E-state index contributed by atoms with van der Waals surface area (Å²) in [7, 11) is 0. The van der Waals surface area contributed by atoms with E-state index in [1.54, 1.807) is 0 Å². The molecule has 0 heterocycles. The highest BCUT2D eigenvalue weighted by atomic mass is 32.2. The summed E-state index contributed by atoms with van der Waals surface area (Å²) in [6.07, 6.45) is 7.03. The molecular formula is C14H17NOS. The predicted molar refractivity (Wildman–Crippen MR) is 73.1 cm³/mol. The number of thioether (sulfide) groups is 1. The van der Waals surface area contributed by atoms with E-state index in [1.165, 1.54) is 23.3 Å². The van der Waals surface area contributed by atoms with Gasteiger partial charge in [0.05, 0.1) is 0 Å². The Morgan fingerprint density at radius 2 is 2.18 bits per heavy atom. The lowest BCUT2D eigenvalue weighted by Gasteiger charge is -2.03. The van der Waals surface area contributed by atoms with Gasteiger partial charge in [0.1, 0.15) is 6.29 Å². The SMILES string of the molecule is O=CCCC/N=C/c1ccccc1SC1CC1. The lowest BCUT2D eigenvalue weighted by Crippen LogP contribution is -1.89. The Morgan fingerprint density at radius 3 is 2.94 bits per heavy atom. The average molecular weight is 247 g/mol. The molecule has 1 aromatic carbocycles. The van der Waals surface area contributed by atoms with Crippen molar-refractivity contribution in [2.75, 3.05) is 6.54 Å². The maximum absolute atomic E-state index is 10.2. The summed E-state index contributed by atoms with van der Waals surface area (Å²) in [5, 5.41) is 0.819. The standard InChI is InChI=1S/C14H17NOS/c16-10-4-3-9-15-11-12-5-1-2-6-14(12)17-13-7-8-13/h1-2,5-6,10-11,13H,3-4,7-9H2/b15-11+. The van der Waals surface area contributed by atoms with Crippen LogP contribution in [-0.2, 0) is 4.79 Å². The minimum Gasteiger partial charge on any atom is -0.303 e. The number of benzene rings is 1. The number of hydrogen-bond acceptors (Lipinski definition) is 3. The van der Waals surface area contributed by atoms with Crippen molar-refractivity contribution in [3.8, 4) is 0 Å². The van der Waals surface area contributed by atoms with Crippen molar-refractivity contribution in [3.63, 3.8) is 0 Å². The first-order chi connectivity index (χ1) is 8.40. The molecule has 2 nitrogen and oxygen atoms in total. The van der Waals surface area contributed by atoms with Crippen LogP contribution >= 0.6 is 11.8 Å². The van der Waals surface area contributed by atoms with Crippen LogP contribution in [0.5, 0.6) is 0 Å². The molecule has 3 heteroatoms. The summed E-state index contributed by atoms with van der Waals surface area (Å²) in [4.78, 5) is 15.9. The molecule has 0 saturated heterocycles. The number of nitrogens with zero attached hydrogens (tertiary/aromatic N) is 1. The second-order valence-electron chi connectivity index (χ2n) is 4.20. The van der Waals surface area contributed by atoms with E-state index in [9.17, 15) is 4.79 Å². The lowest BCUT2D eigenvalue weighted by atomic mass is 10.2. The van der Waals surface area contributed by atoms with E-state index >= 15 is 0 Å². The number of rotatable bonds is 7. The van der Waals surface area contributed by atoms with Crippen LogP contribution in [0.1, 0.15) is 31.2 Å². The number of unbranched alkanes of at least 4 members (excludes halogenated alkanes) is 1. The van der Waals surface area contributed by atoms with Crippen LogP contribution in [0, 0.1) is 0 Å². The van der Waals surface area contributed by atoms with Gasteiger partial charge in [-0.15, -0.1) is 11.8 Å². The lowest BCUT2D eigenvalue weighted by molar-refractivity contribution is -0.107. The topological polar surface area (TPSA) is 29.4 Å². The van der Waals surface area contributed by atoms with E-state index in [1.807, 2.05) is 24.0 Å². The molecule has 0 aromatic heterocycles. The molecule has 90 valence electrons. The zero-order valence-electron chi connectivity index (χ0n) is 9.84. The van der Waals surface area contributed by atoms with Crippen LogP contribution in [0.4, 0.5) is 0 Å². The third-order valence-electron chi connectivity index (χ3n) is 2.58. The minimum absolute atomic E-state index is 0.607. The molecule has 2 rings (SSSR count). The molecule has 1 fully saturated rings. The summed E-state index contributed by atoms with van der Waals surface area (Å²) in [6.45, 7) is 0.737. The highest BCUT2D eigenvalue weighted by molar-refractivity contribution is 8.00. The second-order valence-corrected chi connectivity index (χ2v) is 5.54. The Labute approximate surface area is 107 Å². The van der Waals surface area contributed by atoms with Crippen molar-refractivity contribution >= 4 is 24.3 Å². The van der Waals surface area contributed by atoms with Crippen molar-refractivity contribution < 1.29 is 4.79 Å². The molecule has 0 unspecified atom stereocenters. The van der Waals surface area contributed by atoms with Gasteiger partial charge < -0.3 is 4.79 Å². The van der Waals surface area contributed by atoms with Gasteiger partial charge in [-0.05, 0) is 25.3 Å². The van der Waals surface area contributed by atoms with E-state index in [-0.39, 0.29) is 0 Å². The molecule has 0 bridgehead atoms.